The number of aromatic nitrogens is 2. The van der Waals surface area contributed by atoms with Crippen molar-refractivity contribution in [2.75, 3.05) is 25.1 Å². The quantitative estimate of drug-likeness (QED) is 0.515. The predicted octanol–water partition coefficient (Wildman–Crippen LogP) is 5.08. The first-order valence-electron chi connectivity index (χ1n) is 11.8. The minimum Gasteiger partial charge on any atom is -0.378 e. The summed E-state index contributed by atoms with van der Waals surface area (Å²) in [5, 5.41) is 6.89. The van der Waals surface area contributed by atoms with Crippen molar-refractivity contribution < 1.29 is 4.74 Å². The Bertz CT molecular complexity index is 1360. The molecule has 34 heavy (non-hydrogen) atoms. The van der Waals surface area contributed by atoms with Crippen LogP contribution in [0.5, 0.6) is 0 Å². The van der Waals surface area contributed by atoms with E-state index in [1.54, 1.807) is 14.0 Å². The fraction of sp³-hybridized carbons (Fsp3) is 0.407. The third-order valence-electron chi connectivity index (χ3n) is 6.23. The van der Waals surface area contributed by atoms with E-state index >= 15 is 0 Å². The third kappa shape index (κ3) is 4.05. The molecule has 7 heteroatoms. The summed E-state index contributed by atoms with van der Waals surface area (Å²) in [6, 6.07) is 12.5. The molecule has 178 valence electrons. The second kappa shape index (κ2) is 9.14. The molecule has 0 radical (unpaired) electrons. The summed E-state index contributed by atoms with van der Waals surface area (Å²) in [4.78, 5) is 25.4. The molecule has 0 bridgehead atoms. The summed E-state index contributed by atoms with van der Waals surface area (Å²) in [5.74, 6) is 0.462. The fourth-order valence-electron chi connectivity index (χ4n) is 4.35. The first kappa shape index (κ1) is 23.8. The van der Waals surface area contributed by atoms with Crippen molar-refractivity contribution in [1.29, 1.82) is 0 Å². The molecule has 0 N–H and O–H groups in total. The number of aliphatic imine (C=N–C) groups is 1. The van der Waals surface area contributed by atoms with Gasteiger partial charge in [0.15, 0.2) is 5.82 Å². The van der Waals surface area contributed by atoms with Crippen molar-refractivity contribution >= 4 is 33.6 Å². The first-order chi connectivity index (χ1) is 16.2. The Morgan fingerprint density at radius 1 is 1.06 bits per heavy atom. The van der Waals surface area contributed by atoms with Crippen LogP contribution in [0.3, 0.4) is 0 Å². The minimum atomic E-state index is -0.328. The summed E-state index contributed by atoms with van der Waals surface area (Å²) in [6.45, 7) is 14.4. The molecule has 0 unspecified atom stereocenters. The molecule has 2 heterocycles. The highest BCUT2D eigenvalue weighted by Crippen LogP contribution is 2.35. The van der Waals surface area contributed by atoms with Gasteiger partial charge in [-0.05, 0) is 32.9 Å². The normalized spacial score (nSPS) is 14.6. The zero-order chi connectivity index (χ0) is 24.6. The van der Waals surface area contributed by atoms with Gasteiger partial charge in [0, 0.05) is 47.6 Å². The molecule has 2 aromatic carbocycles. The Morgan fingerprint density at radius 3 is 2.35 bits per heavy atom. The molecular formula is C27H33N5O2. The van der Waals surface area contributed by atoms with Gasteiger partial charge in [0.2, 0.25) is 0 Å². The maximum Gasteiger partial charge on any atom is 0.277 e. The van der Waals surface area contributed by atoms with E-state index in [2.05, 4.69) is 63.8 Å². The highest BCUT2D eigenvalue weighted by Gasteiger charge is 2.35. The molecule has 0 amide bonds. The number of hydrogen-bond acceptors (Lipinski definition) is 6. The van der Waals surface area contributed by atoms with Crippen LogP contribution in [0.2, 0.25) is 0 Å². The van der Waals surface area contributed by atoms with Gasteiger partial charge in [-0.25, -0.2) is 9.98 Å². The molecule has 0 atom stereocenters. The third-order valence-corrected chi connectivity index (χ3v) is 6.23. The Hall–Kier alpha value is -3.32. The lowest BCUT2D eigenvalue weighted by Gasteiger charge is -2.23. The number of rotatable bonds is 6. The second-order valence-electron chi connectivity index (χ2n) is 9.54. The number of fused-ring (bicyclic) bond motifs is 2. The molecule has 4 rings (SSSR count). The molecule has 0 saturated carbocycles. The number of methoxy groups -OCH3 is 1. The number of benzene rings is 2. The fourth-order valence-corrected chi connectivity index (χ4v) is 4.35. The van der Waals surface area contributed by atoms with Crippen LogP contribution in [0.4, 0.5) is 11.4 Å². The molecule has 3 aromatic rings. The van der Waals surface area contributed by atoms with E-state index in [-0.39, 0.29) is 17.6 Å². The van der Waals surface area contributed by atoms with Crippen LogP contribution in [-0.2, 0) is 11.3 Å². The molecule has 1 aliphatic rings. The Morgan fingerprint density at radius 2 is 1.74 bits per heavy atom. The highest BCUT2D eigenvalue weighted by molar-refractivity contribution is 6.50. The summed E-state index contributed by atoms with van der Waals surface area (Å²) in [7, 11) is 1.60. The monoisotopic (exact) mass is 459 g/mol. The Balaban J connectivity index is 1.98. The van der Waals surface area contributed by atoms with E-state index in [4.69, 9.17) is 19.8 Å². The molecular weight excluding hydrogens is 426 g/mol. The second-order valence-corrected chi connectivity index (χ2v) is 9.54. The average Bonchev–Trinajstić information content (AvgIpc) is 3.18. The molecule has 0 aliphatic carbocycles. The van der Waals surface area contributed by atoms with Gasteiger partial charge in [-0.3, -0.25) is 4.79 Å². The number of anilines is 1. The van der Waals surface area contributed by atoms with Gasteiger partial charge in [-0.2, -0.15) is 9.78 Å². The van der Waals surface area contributed by atoms with Crippen LogP contribution in [0, 0.1) is 12.3 Å². The lowest BCUT2D eigenvalue weighted by atomic mass is 9.87. The molecule has 1 aliphatic heterocycles. The van der Waals surface area contributed by atoms with Crippen LogP contribution in [0.25, 0.3) is 10.8 Å². The zero-order valence-corrected chi connectivity index (χ0v) is 21.1. The molecule has 0 saturated heterocycles. The minimum absolute atomic E-state index is 0.189. The van der Waals surface area contributed by atoms with E-state index in [1.165, 1.54) is 10.4 Å². The SMILES string of the molecule is CCN(CC)c1ccc(N=C2C(C(C)(C)C)=Nn3c2nc(COC)c(C)c3=O)c2ccccc12. The summed E-state index contributed by atoms with van der Waals surface area (Å²) >= 11 is 0. The number of hydrogen-bond donors (Lipinski definition) is 0. The Labute approximate surface area is 200 Å². The summed E-state index contributed by atoms with van der Waals surface area (Å²) < 4.78 is 6.68. The van der Waals surface area contributed by atoms with Crippen molar-refractivity contribution in [2.24, 2.45) is 15.5 Å². The maximum atomic E-state index is 13.1. The lowest BCUT2D eigenvalue weighted by Crippen LogP contribution is -2.28. The number of nitrogens with zero attached hydrogens (tertiary/aromatic N) is 5. The lowest BCUT2D eigenvalue weighted by molar-refractivity contribution is 0.180. The van der Waals surface area contributed by atoms with E-state index in [0.717, 1.165) is 35.3 Å². The standard InChI is InChI=1S/C27H33N5O2/c1-8-31(9-2)22-15-14-20(18-12-10-11-13-19(18)22)28-23-24(27(4,5)6)30-32-25(23)29-21(16-34-7)17(3)26(32)33/h10-15H,8-9,16H2,1-7H3. The van der Waals surface area contributed by atoms with Crippen molar-refractivity contribution in [3.63, 3.8) is 0 Å². The number of ether oxygens (including phenoxy) is 1. The van der Waals surface area contributed by atoms with Crippen LogP contribution < -0.4 is 10.5 Å². The summed E-state index contributed by atoms with van der Waals surface area (Å²) in [6.07, 6.45) is 0. The highest BCUT2D eigenvalue weighted by atomic mass is 16.5. The smallest absolute Gasteiger partial charge is 0.277 e. The van der Waals surface area contributed by atoms with Gasteiger partial charge < -0.3 is 9.64 Å². The Kier molecular flexibility index (Phi) is 6.41. The van der Waals surface area contributed by atoms with Crippen molar-refractivity contribution in [3.05, 3.63) is 63.8 Å². The van der Waals surface area contributed by atoms with Gasteiger partial charge in [0.25, 0.3) is 5.56 Å². The average molecular weight is 460 g/mol. The van der Waals surface area contributed by atoms with Crippen molar-refractivity contribution in [2.45, 2.75) is 48.1 Å². The molecule has 0 spiro atoms. The largest absolute Gasteiger partial charge is 0.378 e. The van der Waals surface area contributed by atoms with E-state index in [1.807, 2.05) is 12.1 Å². The maximum absolute atomic E-state index is 13.1. The van der Waals surface area contributed by atoms with Crippen molar-refractivity contribution in [3.8, 4) is 0 Å². The first-order valence-corrected chi connectivity index (χ1v) is 11.8. The van der Waals surface area contributed by atoms with Gasteiger partial charge >= 0.3 is 0 Å². The van der Waals surface area contributed by atoms with E-state index in [0.29, 0.717) is 22.8 Å². The topological polar surface area (TPSA) is 72.1 Å². The summed E-state index contributed by atoms with van der Waals surface area (Å²) in [5.41, 5.74) is 4.02. The van der Waals surface area contributed by atoms with Gasteiger partial charge in [0.1, 0.15) is 5.71 Å². The van der Waals surface area contributed by atoms with Crippen LogP contribution >= 0.6 is 0 Å². The predicted molar refractivity (Wildman–Crippen MR) is 140 cm³/mol. The van der Waals surface area contributed by atoms with Crippen molar-refractivity contribution in [1.82, 2.24) is 9.66 Å². The van der Waals surface area contributed by atoms with E-state index in [9.17, 15) is 4.79 Å². The van der Waals surface area contributed by atoms with Crippen LogP contribution in [0.15, 0.2) is 51.3 Å². The van der Waals surface area contributed by atoms with Gasteiger partial charge in [0.05, 0.1) is 23.7 Å². The van der Waals surface area contributed by atoms with Gasteiger partial charge in [-0.15, -0.1) is 0 Å². The molecule has 1 aromatic heterocycles. The van der Waals surface area contributed by atoms with E-state index < -0.39 is 0 Å². The molecule has 7 nitrogen and oxygen atoms in total. The van der Waals surface area contributed by atoms with Gasteiger partial charge in [-0.1, -0.05) is 45.0 Å². The zero-order valence-electron chi connectivity index (χ0n) is 21.1. The van der Waals surface area contributed by atoms with Crippen LogP contribution in [-0.4, -0.2) is 41.3 Å². The molecule has 0 fully saturated rings. The van der Waals surface area contributed by atoms with Crippen LogP contribution in [0.1, 0.15) is 51.7 Å².